The highest BCUT2D eigenvalue weighted by molar-refractivity contribution is 5.96. The average Bonchev–Trinajstić information content (AvgIpc) is 3.11. The third-order valence-electron chi connectivity index (χ3n) is 4.94. The van der Waals surface area contributed by atoms with Crippen molar-refractivity contribution in [3.8, 4) is 5.75 Å². The molecule has 0 saturated carbocycles. The fourth-order valence-corrected chi connectivity index (χ4v) is 3.46. The summed E-state index contributed by atoms with van der Waals surface area (Å²) < 4.78 is 11.0. The first-order chi connectivity index (χ1) is 13.5. The maximum atomic E-state index is 12.2. The van der Waals surface area contributed by atoms with Crippen molar-refractivity contribution in [2.45, 2.75) is 39.5 Å². The second-order valence-electron chi connectivity index (χ2n) is 7.35. The summed E-state index contributed by atoms with van der Waals surface area (Å²) in [6, 6.07) is 13.0. The van der Waals surface area contributed by atoms with Crippen molar-refractivity contribution in [3.63, 3.8) is 0 Å². The van der Waals surface area contributed by atoms with Crippen LogP contribution in [0.25, 0.3) is 0 Å². The number of hydrogen-bond donors (Lipinski definition) is 0. The van der Waals surface area contributed by atoms with E-state index in [4.69, 9.17) is 9.47 Å². The van der Waals surface area contributed by atoms with Crippen molar-refractivity contribution in [1.29, 1.82) is 0 Å². The van der Waals surface area contributed by atoms with E-state index in [1.54, 1.807) is 29.2 Å². The highest BCUT2D eigenvalue weighted by Crippen LogP contribution is 2.24. The number of ether oxygens (including phenoxy) is 2. The molecular weight excluding hydrogens is 354 g/mol. The van der Waals surface area contributed by atoms with Gasteiger partial charge in [-0.2, -0.15) is 0 Å². The Hall–Kier alpha value is -2.82. The van der Waals surface area contributed by atoms with E-state index in [0.717, 1.165) is 24.4 Å². The Labute approximate surface area is 166 Å². The summed E-state index contributed by atoms with van der Waals surface area (Å²) in [4.78, 5) is 25.7. The van der Waals surface area contributed by atoms with Gasteiger partial charge in [-0.1, -0.05) is 19.9 Å². The molecule has 0 spiro atoms. The number of anilines is 1. The van der Waals surface area contributed by atoms with Crippen molar-refractivity contribution in [1.82, 2.24) is 0 Å². The van der Waals surface area contributed by atoms with Crippen LogP contribution in [0.3, 0.4) is 0 Å². The largest absolute Gasteiger partial charge is 0.490 e. The van der Waals surface area contributed by atoms with E-state index < -0.39 is 5.97 Å². The summed E-state index contributed by atoms with van der Waals surface area (Å²) in [7, 11) is 0. The monoisotopic (exact) mass is 381 g/mol. The lowest BCUT2D eigenvalue weighted by Gasteiger charge is -2.15. The lowest BCUT2D eigenvalue weighted by Crippen LogP contribution is -2.23. The first-order valence-corrected chi connectivity index (χ1v) is 9.76. The molecule has 1 aliphatic rings. The maximum absolute atomic E-state index is 12.2. The number of amides is 1. The molecule has 0 radical (unpaired) electrons. The molecule has 1 fully saturated rings. The van der Waals surface area contributed by atoms with Crippen molar-refractivity contribution >= 4 is 17.6 Å². The molecule has 1 aliphatic heterocycles. The smallest absolute Gasteiger partial charge is 0.338 e. The molecule has 0 aliphatic carbocycles. The van der Waals surface area contributed by atoms with E-state index >= 15 is 0 Å². The topological polar surface area (TPSA) is 55.8 Å². The molecule has 28 heavy (non-hydrogen) atoms. The third-order valence-corrected chi connectivity index (χ3v) is 4.94. The lowest BCUT2D eigenvalue weighted by atomic mass is 9.98. The fraction of sp³-hybridized carbons (Fsp3) is 0.391. The number of carbonyl (C=O) groups is 2. The minimum atomic E-state index is -0.394. The van der Waals surface area contributed by atoms with Gasteiger partial charge in [-0.05, 0) is 66.8 Å². The second kappa shape index (κ2) is 8.91. The van der Waals surface area contributed by atoms with Crippen LogP contribution in [0.1, 0.15) is 54.1 Å². The normalized spacial score (nSPS) is 13.9. The van der Waals surface area contributed by atoms with Crippen LogP contribution >= 0.6 is 0 Å². The van der Waals surface area contributed by atoms with E-state index in [0.29, 0.717) is 24.5 Å². The summed E-state index contributed by atoms with van der Waals surface area (Å²) in [6.45, 7) is 7.61. The molecule has 0 unspecified atom stereocenters. The van der Waals surface area contributed by atoms with Crippen molar-refractivity contribution in [3.05, 3.63) is 59.2 Å². The Bertz CT molecular complexity index is 842. The zero-order valence-electron chi connectivity index (χ0n) is 16.7. The first kappa shape index (κ1) is 19.9. The Kier molecular flexibility index (Phi) is 6.34. The SMILES string of the molecule is Cc1cc(OCCOC(=O)c2ccc(N3CCCC3=O)cc2)ccc1C(C)C. The van der Waals surface area contributed by atoms with Crippen LogP contribution in [-0.4, -0.2) is 31.6 Å². The molecule has 1 amide bonds. The van der Waals surface area contributed by atoms with Crippen molar-refractivity contribution in [2.24, 2.45) is 0 Å². The molecule has 0 bridgehead atoms. The van der Waals surface area contributed by atoms with Crippen molar-refractivity contribution in [2.75, 3.05) is 24.7 Å². The number of hydrogen-bond acceptors (Lipinski definition) is 4. The Balaban J connectivity index is 1.46. The number of carbonyl (C=O) groups excluding carboxylic acids is 2. The van der Waals surface area contributed by atoms with Gasteiger partial charge in [0.1, 0.15) is 19.0 Å². The molecule has 0 N–H and O–H groups in total. The standard InChI is InChI=1S/C23H27NO4/c1-16(2)21-11-10-20(15-17(21)3)27-13-14-28-23(26)18-6-8-19(9-7-18)24-12-4-5-22(24)25/h6-11,15-16H,4-5,12-14H2,1-3H3. The van der Waals surface area contributed by atoms with Crippen molar-refractivity contribution < 1.29 is 19.1 Å². The molecule has 5 heteroatoms. The summed E-state index contributed by atoms with van der Waals surface area (Å²) in [5, 5.41) is 0. The van der Waals surface area contributed by atoms with Gasteiger partial charge in [-0.3, -0.25) is 4.79 Å². The van der Waals surface area contributed by atoms with Gasteiger partial charge in [0.2, 0.25) is 5.91 Å². The van der Waals surface area contributed by atoms with E-state index in [2.05, 4.69) is 26.8 Å². The molecule has 148 valence electrons. The quantitative estimate of drug-likeness (QED) is 0.524. The zero-order chi connectivity index (χ0) is 20.1. The Morgan fingerprint density at radius 1 is 1.11 bits per heavy atom. The molecule has 0 aromatic heterocycles. The minimum absolute atomic E-state index is 0.129. The van der Waals surface area contributed by atoms with Crippen LogP contribution in [0, 0.1) is 6.92 Å². The maximum Gasteiger partial charge on any atom is 0.338 e. The number of esters is 1. The van der Waals surface area contributed by atoms with Gasteiger partial charge in [0.15, 0.2) is 0 Å². The van der Waals surface area contributed by atoms with E-state index in [9.17, 15) is 9.59 Å². The van der Waals surface area contributed by atoms with Gasteiger partial charge in [0, 0.05) is 18.7 Å². The molecule has 2 aromatic carbocycles. The second-order valence-corrected chi connectivity index (χ2v) is 7.35. The lowest BCUT2D eigenvalue weighted by molar-refractivity contribution is -0.117. The van der Waals surface area contributed by atoms with E-state index in [1.165, 1.54) is 11.1 Å². The number of aryl methyl sites for hydroxylation is 1. The van der Waals surface area contributed by atoms with Gasteiger partial charge >= 0.3 is 5.97 Å². The summed E-state index contributed by atoms with van der Waals surface area (Å²) >= 11 is 0. The highest BCUT2D eigenvalue weighted by Gasteiger charge is 2.21. The van der Waals surface area contributed by atoms with Crippen LogP contribution < -0.4 is 9.64 Å². The molecule has 1 saturated heterocycles. The molecule has 3 rings (SSSR count). The molecule has 2 aromatic rings. The third kappa shape index (κ3) is 4.71. The van der Waals surface area contributed by atoms with Crippen LogP contribution in [-0.2, 0) is 9.53 Å². The number of rotatable bonds is 7. The van der Waals surface area contributed by atoms with Crippen LogP contribution in [0.2, 0.25) is 0 Å². The van der Waals surface area contributed by atoms with Gasteiger partial charge < -0.3 is 14.4 Å². The zero-order valence-corrected chi connectivity index (χ0v) is 16.7. The molecule has 0 atom stereocenters. The predicted molar refractivity (Wildman–Crippen MR) is 109 cm³/mol. The average molecular weight is 381 g/mol. The van der Waals surface area contributed by atoms with Gasteiger partial charge in [0.25, 0.3) is 0 Å². The molecular formula is C23H27NO4. The highest BCUT2D eigenvalue weighted by atomic mass is 16.6. The van der Waals surface area contributed by atoms with Gasteiger partial charge in [0.05, 0.1) is 5.56 Å². The first-order valence-electron chi connectivity index (χ1n) is 9.76. The molecule has 1 heterocycles. The molecule has 5 nitrogen and oxygen atoms in total. The minimum Gasteiger partial charge on any atom is -0.490 e. The fourth-order valence-electron chi connectivity index (χ4n) is 3.46. The van der Waals surface area contributed by atoms with Crippen LogP contribution in [0.5, 0.6) is 5.75 Å². The van der Waals surface area contributed by atoms with E-state index in [-0.39, 0.29) is 12.5 Å². The van der Waals surface area contributed by atoms with Gasteiger partial charge in [-0.25, -0.2) is 4.79 Å². The number of nitrogens with zero attached hydrogens (tertiary/aromatic N) is 1. The van der Waals surface area contributed by atoms with Crippen LogP contribution in [0.15, 0.2) is 42.5 Å². The van der Waals surface area contributed by atoms with Gasteiger partial charge in [-0.15, -0.1) is 0 Å². The summed E-state index contributed by atoms with van der Waals surface area (Å²) in [5.74, 6) is 0.987. The Morgan fingerprint density at radius 3 is 2.46 bits per heavy atom. The number of benzene rings is 2. The summed E-state index contributed by atoms with van der Waals surface area (Å²) in [6.07, 6.45) is 1.46. The van der Waals surface area contributed by atoms with Crippen LogP contribution in [0.4, 0.5) is 5.69 Å². The predicted octanol–water partition coefficient (Wildman–Crippen LogP) is 4.48. The van der Waals surface area contributed by atoms with E-state index in [1.807, 2.05) is 12.1 Å². The Morgan fingerprint density at radius 2 is 1.86 bits per heavy atom. The summed E-state index contributed by atoms with van der Waals surface area (Å²) in [5.41, 5.74) is 3.79.